The van der Waals surface area contributed by atoms with E-state index in [2.05, 4.69) is 60.4 Å². The fourth-order valence-corrected chi connectivity index (χ4v) is 7.86. The van der Waals surface area contributed by atoms with Crippen molar-refractivity contribution in [2.45, 2.75) is 64.4 Å². The molecule has 274 valence electrons. The summed E-state index contributed by atoms with van der Waals surface area (Å²) in [4.78, 5) is 27.9. The van der Waals surface area contributed by atoms with E-state index in [1.165, 1.54) is 49.8 Å². The van der Waals surface area contributed by atoms with Gasteiger partial charge < -0.3 is 14.7 Å². The Kier molecular flexibility index (Phi) is 13.5. The van der Waals surface area contributed by atoms with Gasteiger partial charge in [-0.05, 0) is 77.7 Å². The third kappa shape index (κ3) is 10.2. The molecule has 2 aliphatic rings. The molecule has 4 aromatic carbocycles. The van der Waals surface area contributed by atoms with Gasteiger partial charge in [0.05, 0.1) is 28.6 Å². The van der Waals surface area contributed by atoms with Crippen LogP contribution in [0.25, 0.3) is 6.08 Å². The molecule has 10 heteroatoms. The van der Waals surface area contributed by atoms with Crippen molar-refractivity contribution in [3.8, 4) is 0 Å². The molecule has 0 spiro atoms. The predicted octanol–water partition coefficient (Wildman–Crippen LogP) is 9.97. The highest BCUT2D eigenvalue weighted by Gasteiger charge is 2.33. The number of aliphatic carboxylic acids is 1. The van der Waals surface area contributed by atoms with E-state index in [-0.39, 0.29) is 10.4 Å². The number of hydrogen-bond donors (Lipinski definition) is 1. The molecule has 8 nitrogen and oxygen atoms in total. The van der Waals surface area contributed by atoms with Gasteiger partial charge in [0.1, 0.15) is 10.9 Å². The van der Waals surface area contributed by atoms with Gasteiger partial charge in [-0.15, -0.1) is 0 Å². The van der Waals surface area contributed by atoms with Crippen molar-refractivity contribution in [2.75, 3.05) is 29.6 Å². The maximum absolute atomic E-state index is 12.8. The molecule has 1 unspecified atom stereocenters. The molecule has 0 bridgehead atoms. The molecule has 1 saturated heterocycles. The molecule has 1 amide bonds. The van der Waals surface area contributed by atoms with Gasteiger partial charge in [0.2, 0.25) is 0 Å². The van der Waals surface area contributed by atoms with Crippen molar-refractivity contribution in [2.24, 2.45) is 5.10 Å². The quantitative estimate of drug-likeness (QED) is 0.0376. The molecular formula is C43H46N4O4S2. The van der Waals surface area contributed by atoms with Crippen LogP contribution in [-0.4, -0.2) is 58.2 Å². The number of para-hydroxylation sites is 2. The first-order valence-corrected chi connectivity index (χ1v) is 19.7. The predicted molar refractivity (Wildman–Crippen MR) is 221 cm³/mol. The van der Waals surface area contributed by atoms with E-state index >= 15 is 0 Å². The second kappa shape index (κ2) is 18.8. The fourth-order valence-electron chi connectivity index (χ4n) is 6.61. The second-order valence-electron chi connectivity index (χ2n) is 13.3. The van der Waals surface area contributed by atoms with Crippen LogP contribution in [0.2, 0.25) is 0 Å². The highest BCUT2D eigenvalue weighted by molar-refractivity contribution is 8.26. The van der Waals surface area contributed by atoms with Crippen LogP contribution in [-0.2, 0) is 20.7 Å². The van der Waals surface area contributed by atoms with Crippen molar-refractivity contribution in [3.05, 3.63) is 125 Å². The first-order valence-electron chi connectivity index (χ1n) is 18.4. The standard InChI is InChI=1S/C43H46N4O4S2/c1-2-3-4-5-6-7-14-25-51-38-28-34-26-33(21-24-39(34)45(30-38)35-15-10-8-11-16-35)29-44-47(36-17-12-9-13-18-36)37-22-19-32(20-23-37)27-40-42(50)46(31-41(48)49)43(52)53-40/h8-13,15-24,26-27,29,38H,2-7,14,25,28,30-31H2,1H3,(H,48,49)/b40-27+,44-29+. The molecule has 0 aliphatic carbocycles. The van der Waals surface area contributed by atoms with E-state index in [0.717, 1.165) is 70.8 Å². The minimum Gasteiger partial charge on any atom is -0.480 e. The van der Waals surface area contributed by atoms with Crippen LogP contribution >= 0.6 is 24.0 Å². The zero-order valence-electron chi connectivity index (χ0n) is 30.1. The zero-order valence-corrected chi connectivity index (χ0v) is 31.7. The van der Waals surface area contributed by atoms with E-state index in [0.29, 0.717) is 4.91 Å². The van der Waals surface area contributed by atoms with Crippen molar-refractivity contribution in [1.82, 2.24) is 4.90 Å². The summed E-state index contributed by atoms with van der Waals surface area (Å²) < 4.78 is 6.76. The second-order valence-corrected chi connectivity index (χ2v) is 15.0. The van der Waals surface area contributed by atoms with Gasteiger partial charge in [0, 0.05) is 30.9 Å². The maximum Gasteiger partial charge on any atom is 0.323 e. The van der Waals surface area contributed by atoms with Gasteiger partial charge in [-0.2, -0.15) is 5.10 Å². The van der Waals surface area contributed by atoms with Gasteiger partial charge in [-0.1, -0.05) is 124 Å². The number of carbonyl (C=O) groups excluding carboxylic acids is 1. The van der Waals surface area contributed by atoms with E-state index in [1.54, 1.807) is 6.08 Å². The summed E-state index contributed by atoms with van der Waals surface area (Å²) in [5, 5.41) is 16.0. The Hall–Kier alpha value is -4.77. The molecule has 1 N–H and O–H groups in total. The molecule has 2 aliphatic heterocycles. The van der Waals surface area contributed by atoms with Crippen molar-refractivity contribution in [1.29, 1.82) is 0 Å². The Balaban J connectivity index is 1.19. The molecule has 0 saturated carbocycles. The lowest BCUT2D eigenvalue weighted by Crippen LogP contribution is -2.37. The smallest absolute Gasteiger partial charge is 0.323 e. The van der Waals surface area contributed by atoms with E-state index in [9.17, 15) is 9.59 Å². The normalized spacial score (nSPS) is 16.5. The number of unbranched alkanes of at least 4 members (excludes halogenated alkanes) is 6. The summed E-state index contributed by atoms with van der Waals surface area (Å²) in [6, 6.07) is 34.7. The van der Waals surface area contributed by atoms with Crippen molar-refractivity contribution >= 4 is 75.2 Å². The molecular weight excluding hydrogens is 701 g/mol. The van der Waals surface area contributed by atoms with Crippen molar-refractivity contribution < 1.29 is 19.4 Å². The SMILES string of the molecule is CCCCCCCCCOC1Cc2cc(/C=N/N(c3ccccc3)c3ccc(/C=C4/SC(=S)N(CC(=O)O)C4=O)cc3)ccc2N(c2ccccc2)C1. The van der Waals surface area contributed by atoms with E-state index in [1.807, 2.05) is 65.8 Å². The van der Waals surface area contributed by atoms with Gasteiger partial charge >= 0.3 is 5.97 Å². The fraction of sp³-hybridized carbons (Fsp3) is 0.302. The number of hydrogen-bond acceptors (Lipinski definition) is 8. The van der Waals surface area contributed by atoms with Gasteiger partial charge in [-0.25, -0.2) is 5.01 Å². The van der Waals surface area contributed by atoms with Crippen molar-refractivity contribution in [3.63, 3.8) is 0 Å². The molecule has 1 atom stereocenters. The summed E-state index contributed by atoms with van der Waals surface area (Å²) >= 11 is 6.36. The lowest BCUT2D eigenvalue weighted by molar-refractivity contribution is -0.140. The minimum atomic E-state index is -1.11. The summed E-state index contributed by atoms with van der Waals surface area (Å²) in [5.74, 6) is -1.50. The number of anilines is 4. The zero-order chi connectivity index (χ0) is 37.0. The van der Waals surface area contributed by atoms with Crippen LogP contribution < -0.4 is 9.91 Å². The lowest BCUT2D eigenvalue weighted by atomic mass is 9.97. The number of fused-ring (bicyclic) bond motifs is 1. The summed E-state index contributed by atoms with van der Waals surface area (Å²) in [6.07, 6.45) is 13.4. The molecule has 6 rings (SSSR count). The first-order chi connectivity index (χ1) is 25.9. The number of nitrogens with zero attached hydrogens (tertiary/aromatic N) is 4. The highest BCUT2D eigenvalue weighted by atomic mass is 32.2. The summed E-state index contributed by atoms with van der Waals surface area (Å²) in [5.41, 5.74) is 7.11. The molecule has 1 fully saturated rings. The number of benzene rings is 4. The van der Waals surface area contributed by atoms with Crippen LogP contribution in [0.15, 0.2) is 113 Å². The Morgan fingerprint density at radius 1 is 0.906 bits per heavy atom. The number of thioether (sulfide) groups is 1. The number of hydrazone groups is 1. The number of carboxylic acids is 1. The highest BCUT2D eigenvalue weighted by Crippen LogP contribution is 2.36. The van der Waals surface area contributed by atoms with E-state index in [4.69, 9.17) is 27.2 Å². The van der Waals surface area contributed by atoms with Crippen LogP contribution in [0.3, 0.4) is 0 Å². The van der Waals surface area contributed by atoms with Gasteiger partial charge in [0.15, 0.2) is 0 Å². The number of ether oxygens (including phenoxy) is 1. The van der Waals surface area contributed by atoms with Crippen LogP contribution in [0, 0.1) is 0 Å². The largest absolute Gasteiger partial charge is 0.480 e. The molecule has 53 heavy (non-hydrogen) atoms. The van der Waals surface area contributed by atoms with E-state index < -0.39 is 18.4 Å². The Morgan fingerprint density at radius 2 is 1.57 bits per heavy atom. The number of carbonyl (C=O) groups is 2. The Bertz CT molecular complexity index is 1920. The number of amides is 1. The number of rotatable bonds is 17. The molecule has 0 aromatic heterocycles. The lowest BCUT2D eigenvalue weighted by Gasteiger charge is -2.36. The maximum atomic E-state index is 12.8. The topological polar surface area (TPSA) is 85.7 Å². The third-order valence-corrected chi connectivity index (χ3v) is 10.7. The Morgan fingerprint density at radius 3 is 2.28 bits per heavy atom. The average molecular weight is 747 g/mol. The summed E-state index contributed by atoms with van der Waals surface area (Å²) in [7, 11) is 0. The number of carboxylic acid groups (broad SMARTS) is 1. The number of thiocarbonyl (C=S) groups is 1. The monoisotopic (exact) mass is 746 g/mol. The molecule has 4 aromatic rings. The Labute approximate surface area is 322 Å². The van der Waals surface area contributed by atoms with Gasteiger partial charge in [0.25, 0.3) is 5.91 Å². The first kappa shape index (κ1) is 38.0. The van der Waals surface area contributed by atoms with Crippen LogP contribution in [0.5, 0.6) is 0 Å². The molecule has 2 heterocycles. The molecule has 0 radical (unpaired) electrons. The average Bonchev–Trinajstić information content (AvgIpc) is 3.43. The minimum absolute atomic E-state index is 0.0954. The van der Waals surface area contributed by atoms with Crippen LogP contribution in [0.4, 0.5) is 22.7 Å². The van der Waals surface area contributed by atoms with Gasteiger partial charge in [-0.3, -0.25) is 14.5 Å². The summed E-state index contributed by atoms with van der Waals surface area (Å²) in [6.45, 7) is 3.40. The van der Waals surface area contributed by atoms with Crippen LogP contribution in [0.1, 0.15) is 68.6 Å². The third-order valence-electron chi connectivity index (χ3n) is 9.32.